The largest absolute Gasteiger partial charge is 0.378 e. The third-order valence-corrected chi connectivity index (χ3v) is 5.01. The van der Waals surface area contributed by atoms with Gasteiger partial charge < -0.3 is 10.5 Å². The van der Waals surface area contributed by atoms with Crippen molar-refractivity contribution in [1.82, 2.24) is 4.90 Å². The van der Waals surface area contributed by atoms with Crippen LogP contribution in [0.2, 0.25) is 0 Å². The Morgan fingerprint density at radius 2 is 1.95 bits per heavy atom. The van der Waals surface area contributed by atoms with Crippen molar-refractivity contribution in [1.29, 1.82) is 0 Å². The summed E-state index contributed by atoms with van der Waals surface area (Å²) < 4.78 is 5.65. The molecular weight excluding hydrogens is 248 g/mol. The SMILES string of the molecule is CC1CC(N2CCOCC2(C)C)C(N)c2ccccc21. The highest BCUT2D eigenvalue weighted by molar-refractivity contribution is 5.36. The van der Waals surface area contributed by atoms with E-state index in [1.807, 2.05) is 0 Å². The van der Waals surface area contributed by atoms with Gasteiger partial charge in [0.15, 0.2) is 0 Å². The number of hydrogen-bond donors (Lipinski definition) is 1. The molecule has 0 amide bonds. The molecule has 1 fully saturated rings. The molecule has 3 nitrogen and oxygen atoms in total. The molecular formula is C17H26N2O. The maximum absolute atomic E-state index is 6.62. The standard InChI is InChI=1S/C17H26N2O/c1-12-10-15(19-8-9-20-11-17(19,2)3)16(18)14-7-5-4-6-13(12)14/h4-7,12,15-16H,8-11,18H2,1-3H3. The highest BCUT2D eigenvalue weighted by Crippen LogP contribution is 2.40. The van der Waals surface area contributed by atoms with Crippen molar-refractivity contribution in [2.75, 3.05) is 19.8 Å². The monoisotopic (exact) mass is 274 g/mol. The fourth-order valence-electron chi connectivity index (χ4n) is 3.91. The highest BCUT2D eigenvalue weighted by atomic mass is 16.5. The van der Waals surface area contributed by atoms with Crippen LogP contribution in [0.25, 0.3) is 0 Å². The maximum Gasteiger partial charge on any atom is 0.0645 e. The Morgan fingerprint density at radius 1 is 1.25 bits per heavy atom. The first-order valence-electron chi connectivity index (χ1n) is 7.69. The van der Waals surface area contributed by atoms with Crippen LogP contribution in [0.5, 0.6) is 0 Å². The molecule has 3 rings (SSSR count). The van der Waals surface area contributed by atoms with Gasteiger partial charge in [-0.05, 0) is 37.3 Å². The van der Waals surface area contributed by atoms with Gasteiger partial charge >= 0.3 is 0 Å². The lowest BCUT2D eigenvalue weighted by atomic mass is 9.76. The Morgan fingerprint density at radius 3 is 2.65 bits per heavy atom. The molecule has 0 spiro atoms. The molecule has 2 aliphatic rings. The second-order valence-electron chi connectivity index (χ2n) is 6.92. The Balaban J connectivity index is 1.92. The number of hydrogen-bond acceptors (Lipinski definition) is 3. The van der Waals surface area contributed by atoms with Crippen LogP contribution in [0.3, 0.4) is 0 Å². The topological polar surface area (TPSA) is 38.5 Å². The summed E-state index contributed by atoms with van der Waals surface area (Å²) in [5.74, 6) is 0.578. The minimum atomic E-state index is 0.0759. The van der Waals surface area contributed by atoms with Crippen LogP contribution in [-0.2, 0) is 4.74 Å². The number of fused-ring (bicyclic) bond motifs is 1. The van der Waals surface area contributed by atoms with Gasteiger partial charge in [0, 0.05) is 24.2 Å². The summed E-state index contributed by atoms with van der Waals surface area (Å²) in [7, 11) is 0. The molecule has 2 N–H and O–H groups in total. The van der Waals surface area contributed by atoms with Gasteiger partial charge in [-0.1, -0.05) is 31.2 Å². The Bertz CT molecular complexity index is 486. The number of nitrogens with two attached hydrogens (primary N) is 1. The van der Waals surface area contributed by atoms with Crippen LogP contribution in [-0.4, -0.2) is 36.2 Å². The number of nitrogens with zero attached hydrogens (tertiary/aromatic N) is 1. The van der Waals surface area contributed by atoms with Crippen LogP contribution >= 0.6 is 0 Å². The molecule has 1 aromatic rings. The summed E-state index contributed by atoms with van der Waals surface area (Å²) in [4.78, 5) is 2.58. The van der Waals surface area contributed by atoms with E-state index in [9.17, 15) is 0 Å². The molecule has 1 heterocycles. The van der Waals surface area contributed by atoms with E-state index in [1.54, 1.807) is 0 Å². The number of benzene rings is 1. The first-order chi connectivity index (χ1) is 9.50. The van der Waals surface area contributed by atoms with Crippen LogP contribution in [0.4, 0.5) is 0 Å². The maximum atomic E-state index is 6.62. The van der Waals surface area contributed by atoms with Crippen LogP contribution < -0.4 is 5.73 Å². The van der Waals surface area contributed by atoms with E-state index in [0.29, 0.717) is 12.0 Å². The average molecular weight is 274 g/mol. The quantitative estimate of drug-likeness (QED) is 0.855. The third-order valence-electron chi connectivity index (χ3n) is 5.01. The fourth-order valence-corrected chi connectivity index (χ4v) is 3.91. The summed E-state index contributed by atoms with van der Waals surface area (Å²) in [6, 6.07) is 9.20. The summed E-state index contributed by atoms with van der Waals surface area (Å²) in [6.45, 7) is 9.47. The molecule has 0 saturated carbocycles. The zero-order valence-corrected chi connectivity index (χ0v) is 12.8. The van der Waals surface area contributed by atoms with Crippen molar-refractivity contribution in [3.8, 4) is 0 Å². The van der Waals surface area contributed by atoms with Crippen molar-refractivity contribution in [3.63, 3.8) is 0 Å². The van der Waals surface area contributed by atoms with Gasteiger partial charge in [0.2, 0.25) is 0 Å². The van der Waals surface area contributed by atoms with E-state index in [4.69, 9.17) is 10.5 Å². The molecule has 1 saturated heterocycles. The predicted molar refractivity (Wildman–Crippen MR) is 81.8 cm³/mol. The molecule has 0 aromatic heterocycles. The van der Waals surface area contributed by atoms with E-state index in [0.717, 1.165) is 26.2 Å². The van der Waals surface area contributed by atoms with Gasteiger partial charge in [-0.2, -0.15) is 0 Å². The Kier molecular flexibility index (Phi) is 3.61. The van der Waals surface area contributed by atoms with Crippen molar-refractivity contribution < 1.29 is 4.74 Å². The second kappa shape index (κ2) is 5.14. The van der Waals surface area contributed by atoms with Crippen molar-refractivity contribution in [3.05, 3.63) is 35.4 Å². The molecule has 1 aromatic carbocycles. The first-order valence-corrected chi connectivity index (χ1v) is 7.69. The lowest BCUT2D eigenvalue weighted by Gasteiger charge is -2.50. The van der Waals surface area contributed by atoms with Gasteiger partial charge in [0.1, 0.15) is 0 Å². The van der Waals surface area contributed by atoms with Crippen molar-refractivity contribution >= 4 is 0 Å². The molecule has 0 radical (unpaired) electrons. The molecule has 110 valence electrons. The van der Waals surface area contributed by atoms with Gasteiger partial charge in [-0.25, -0.2) is 0 Å². The highest BCUT2D eigenvalue weighted by Gasteiger charge is 2.41. The van der Waals surface area contributed by atoms with Crippen LogP contribution in [0, 0.1) is 0 Å². The molecule has 20 heavy (non-hydrogen) atoms. The molecule has 3 unspecified atom stereocenters. The zero-order valence-electron chi connectivity index (χ0n) is 12.8. The normalized spacial score (nSPS) is 33.7. The predicted octanol–water partition coefficient (Wildman–Crippen LogP) is 2.67. The summed E-state index contributed by atoms with van der Waals surface area (Å²) in [5.41, 5.74) is 9.46. The van der Waals surface area contributed by atoms with E-state index < -0.39 is 0 Å². The van der Waals surface area contributed by atoms with Crippen LogP contribution in [0.15, 0.2) is 24.3 Å². The molecule has 3 atom stereocenters. The fraction of sp³-hybridized carbons (Fsp3) is 0.647. The zero-order chi connectivity index (χ0) is 14.3. The van der Waals surface area contributed by atoms with E-state index >= 15 is 0 Å². The summed E-state index contributed by atoms with van der Waals surface area (Å²) >= 11 is 0. The van der Waals surface area contributed by atoms with E-state index in [2.05, 4.69) is 49.9 Å². The number of rotatable bonds is 1. The third kappa shape index (κ3) is 2.28. The first kappa shape index (κ1) is 14.1. The molecule has 1 aliphatic heterocycles. The van der Waals surface area contributed by atoms with Crippen molar-refractivity contribution in [2.24, 2.45) is 5.73 Å². The lowest BCUT2D eigenvalue weighted by molar-refractivity contribution is -0.0805. The number of morpholine rings is 1. The molecule has 3 heteroatoms. The van der Waals surface area contributed by atoms with E-state index in [-0.39, 0.29) is 11.6 Å². The van der Waals surface area contributed by atoms with E-state index in [1.165, 1.54) is 11.1 Å². The average Bonchev–Trinajstić information content (AvgIpc) is 2.43. The molecule has 1 aliphatic carbocycles. The minimum Gasteiger partial charge on any atom is -0.378 e. The summed E-state index contributed by atoms with van der Waals surface area (Å²) in [6.07, 6.45) is 1.14. The van der Waals surface area contributed by atoms with Gasteiger partial charge in [-0.3, -0.25) is 4.90 Å². The Hall–Kier alpha value is -0.900. The minimum absolute atomic E-state index is 0.0759. The van der Waals surface area contributed by atoms with Crippen LogP contribution in [0.1, 0.15) is 50.3 Å². The lowest BCUT2D eigenvalue weighted by Crippen LogP contribution is -2.60. The Labute approximate surface area is 122 Å². The van der Waals surface area contributed by atoms with Gasteiger partial charge in [0.05, 0.1) is 13.2 Å². The number of ether oxygens (including phenoxy) is 1. The molecule has 0 bridgehead atoms. The second-order valence-corrected chi connectivity index (χ2v) is 6.92. The van der Waals surface area contributed by atoms with Gasteiger partial charge in [-0.15, -0.1) is 0 Å². The van der Waals surface area contributed by atoms with Crippen molar-refractivity contribution in [2.45, 2.75) is 50.7 Å². The van der Waals surface area contributed by atoms with Gasteiger partial charge in [0.25, 0.3) is 0 Å². The summed E-state index contributed by atoms with van der Waals surface area (Å²) in [5, 5.41) is 0. The smallest absolute Gasteiger partial charge is 0.0645 e.